The Morgan fingerprint density at radius 3 is 2.00 bits per heavy atom. The van der Waals surface area contributed by atoms with Crippen molar-refractivity contribution in [3.63, 3.8) is 0 Å². The van der Waals surface area contributed by atoms with Gasteiger partial charge in [-0.2, -0.15) is 0 Å². The third-order valence-electron chi connectivity index (χ3n) is 4.05. The molecule has 1 aromatic carbocycles. The molecule has 3 N–H and O–H groups in total. The molecule has 2 nitrogen and oxygen atoms in total. The smallest absolute Gasteiger partial charge is 0.0460 e. The average Bonchev–Trinajstić information content (AvgIpc) is 2.47. The maximum atomic E-state index is 5.72. The monoisotopic (exact) mass is 276 g/mol. The molecule has 0 spiro atoms. The second kappa shape index (κ2) is 9.95. The summed E-state index contributed by atoms with van der Waals surface area (Å²) in [5, 5.41) is 0. The fourth-order valence-electron chi connectivity index (χ4n) is 2.59. The molecule has 1 unspecified atom stereocenters. The molecular formula is C18H32N2. The van der Waals surface area contributed by atoms with E-state index in [-0.39, 0.29) is 0 Å². The van der Waals surface area contributed by atoms with E-state index in [1.165, 1.54) is 49.7 Å². The van der Waals surface area contributed by atoms with Gasteiger partial charge in [-0.3, -0.25) is 11.3 Å². The zero-order chi connectivity index (χ0) is 14.8. The van der Waals surface area contributed by atoms with E-state index >= 15 is 0 Å². The van der Waals surface area contributed by atoms with Crippen LogP contribution in [0.4, 0.5) is 0 Å². The minimum Gasteiger partial charge on any atom is -0.271 e. The van der Waals surface area contributed by atoms with E-state index < -0.39 is 0 Å². The zero-order valence-corrected chi connectivity index (χ0v) is 13.5. The number of nitrogens with two attached hydrogens (primary N) is 1. The molecule has 0 aliphatic rings. The van der Waals surface area contributed by atoms with Crippen molar-refractivity contribution in [3.8, 4) is 0 Å². The Balaban J connectivity index is 2.37. The molecule has 0 aromatic heterocycles. The Labute approximate surface area is 125 Å². The predicted octanol–water partition coefficient (Wildman–Crippen LogP) is 5.07. The van der Waals surface area contributed by atoms with Crippen molar-refractivity contribution in [2.24, 2.45) is 5.84 Å². The summed E-state index contributed by atoms with van der Waals surface area (Å²) in [4.78, 5) is 0. The largest absolute Gasteiger partial charge is 0.271 e. The zero-order valence-electron chi connectivity index (χ0n) is 13.5. The van der Waals surface area contributed by atoms with Crippen molar-refractivity contribution >= 4 is 0 Å². The Morgan fingerprint density at radius 1 is 0.900 bits per heavy atom. The summed E-state index contributed by atoms with van der Waals surface area (Å²) in [6, 6.07) is 9.19. The van der Waals surface area contributed by atoms with Gasteiger partial charge in [-0.1, -0.05) is 83.6 Å². The number of unbranched alkanes of at least 4 members (excludes halogenated alkanes) is 5. The van der Waals surface area contributed by atoms with Crippen molar-refractivity contribution < 1.29 is 0 Å². The van der Waals surface area contributed by atoms with Gasteiger partial charge in [-0.25, -0.2) is 0 Å². The van der Waals surface area contributed by atoms with E-state index in [2.05, 4.69) is 50.5 Å². The van der Waals surface area contributed by atoms with Gasteiger partial charge in [0.2, 0.25) is 0 Å². The first-order chi connectivity index (χ1) is 9.69. The molecule has 1 aromatic rings. The molecule has 1 rings (SSSR count). The number of hydrogen-bond acceptors (Lipinski definition) is 2. The van der Waals surface area contributed by atoms with Gasteiger partial charge < -0.3 is 0 Å². The lowest BCUT2D eigenvalue weighted by atomic mass is 9.96. The molecule has 0 amide bonds. The average molecular weight is 276 g/mol. The summed E-state index contributed by atoms with van der Waals surface area (Å²) in [6.45, 7) is 6.71. The Bertz CT molecular complexity index is 343. The summed E-state index contributed by atoms with van der Waals surface area (Å²) in [6.07, 6.45) is 9.12. The van der Waals surface area contributed by atoms with Gasteiger partial charge in [0.15, 0.2) is 0 Å². The van der Waals surface area contributed by atoms with Crippen molar-refractivity contribution in [2.45, 2.75) is 77.7 Å². The van der Waals surface area contributed by atoms with Crippen LogP contribution in [0, 0.1) is 0 Å². The Hall–Kier alpha value is -0.860. The van der Waals surface area contributed by atoms with Crippen LogP contribution in [-0.4, -0.2) is 0 Å². The van der Waals surface area contributed by atoms with E-state index in [9.17, 15) is 0 Å². The molecule has 0 fully saturated rings. The molecule has 0 radical (unpaired) electrons. The summed E-state index contributed by atoms with van der Waals surface area (Å²) in [7, 11) is 0. The van der Waals surface area contributed by atoms with Crippen LogP contribution in [0.25, 0.3) is 0 Å². The molecule has 0 heterocycles. The minimum absolute atomic E-state index is 0.294. The van der Waals surface area contributed by atoms with Crippen LogP contribution in [0.3, 0.4) is 0 Å². The lowest BCUT2D eigenvalue weighted by Crippen LogP contribution is -2.28. The Morgan fingerprint density at radius 2 is 1.45 bits per heavy atom. The van der Waals surface area contributed by atoms with Crippen LogP contribution >= 0.6 is 0 Å². The van der Waals surface area contributed by atoms with Gasteiger partial charge >= 0.3 is 0 Å². The molecule has 0 aliphatic carbocycles. The maximum Gasteiger partial charge on any atom is 0.0460 e. The number of hydrogen-bond donors (Lipinski definition) is 2. The summed E-state index contributed by atoms with van der Waals surface area (Å²) >= 11 is 0. The number of benzene rings is 1. The third-order valence-corrected chi connectivity index (χ3v) is 4.05. The first-order valence-corrected chi connectivity index (χ1v) is 8.25. The van der Waals surface area contributed by atoms with Crippen LogP contribution < -0.4 is 11.3 Å². The molecule has 0 saturated carbocycles. The van der Waals surface area contributed by atoms with E-state index in [4.69, 9.17) is 5.84 Å². The lowest BCUT2D eigenvalue weighted by molar-refractivity contribution is 0.477. The number of hydrazine groups is 1. The topological polar surface area (TPSA) is 38.0 Å². The molecule has 0 saturated heterocycles. The third kappa shape index (κ3) is 6.06. The molecule has 0 bridgehead atoms. The Kier molecular flexibility index (Phi) is 8.56. The maximum absolute atomic E-state index is 5.72. The second-order valence-electron chi connectivity index (χ2n) is 6.10. The molecule has 20 heavy (non-hydrogen) atoms. The first-order valence-electron chi connectivity index (χ1n) is 8.25. The highest BCUT2D eigenvalue weighted by atomic mass is 15.2. The van der Waals surface area contributed by atoms with Crippen LogP contribution in [0.2, 0.25) is 0 Å². The van der Waals surface area contributed by atoms with Crippen molar-refractivity contribution in [1.82, 2.24) is 5.43 Å². The standard InChI is InChI=1S/C18H32N2/c1-4-5-6-7-8-9-10-18(20-19)17-13-11-16(12-14-17)15(2)3/h11-15,18,20H,4-10,19H2,1-3H3. The van der Waals surface area contributed by atoms with Crippen molar-refractivity contribution in [3.05, 3.63) is 35.4 Å². The first kappa shape index (κ1) is 17.2. The molecule has 2 heteroatoms. The quantitative estimate of drug-likeness (QED) is 0.356. The van der Waals surface area contributed by atoms with E-state index in [1.54, 1.807) is 0 Å². The predicted molar refractivity (Wildman–Crippen MR) is 88.6 cm³/mol. The fraction of sp³-hybridized carbons (Fsp3) is 0.667. The summed E-state index contributed by atoms with van der Waals surface area (Å²) in [5.74, 6) is 6.30. The van der Waals surface area contributed by atoms with Gasteiger partial charge in [0.25, 0.3) is 0 Å². The normalized spacial score (nSPS) is 12.8. The van der Waals surface area contributed by atoms with Gasteiger partial charge in [0.1, 0.15) is 0 Å². The van der Waals surface area contributed by atoms with Crippen LogP contribution in [0.1, 0.15) is 88.8 Å². The second-order valence-corrected chi connectivity index (χ2v) is 6.10. The summed E-state index contributed by atoms with van der Waals surface area (Å²) in [5.41, 5.74) is 5.67. The highest BCUT2D eigenvalue weighted by Gasteiger charge is 2.09. The van der Waals surface area contributed by atoms with Crippen molar-refractivity contribution in [1.29, 1.82) is 0 Å². The highest BCUT2D eigenvalue weighted by molar-refractivity contribution is 5.26. The SMILES string of the molecule is CCCCCCCCC(NN)c1ccc(C(C)C)cc1. The van der Waals surface area contributed by atoms with Crippen LogP contribution in [-0.2, 0) is 0 Å². The van der Waals surface area contributed by atoms with E-state index in [0.717, 1.165) is 6.42 Å². The number of rotatable bonds is 10. The molecule has 0 aliphatic heterocycles. The number of nitrogens with one attached hydrogen (secondary N) is 1. The lowest BCUT2D eigenvalue weighted by Gasteiger charge is -2.17. The molecule has 1 atom stereocenters. The van der Waals surface area contributed by atoms with Gasteiger partial charge in [-0.05, 0) is 23.5 Å². The summed E-state index contributed by atoms with van der Waals surface area (Å²) < 4.78 is 0. The fourth-order valence-corrected chi connectivity index (χ4v) is 2.59. The van der Waals surface area contributed by atoms with Gasteiger partial charge in [0.05, 0.1) is 0 Å². The van der Waals surface area contributed by atoms with Crippen LogP contribution in [0.5, 0.6) is 0 Å². The molecular weight excluding hydrogens is 244 g/mol. The van der Waals surface area contributed by atoms with E-state index in [0.29, 0.717) is 12.0 Å². The van der Waals surface area contributed by atoms with Crippen molar-refractivity contribution in [2.75, 3.05) is 0 Å². The van der Waals surface area contributed by atoms with E-state index in [1.807, 2.05) is 0 Å². The van der Waals surface area contributed by atoms with Gasteiger partial charge in [-0.15, -0.1) is 0 Å². The van der Waals surface area contributed by atoms with Crippen LogP contribution in [0.15, 0.2) is 24.3 Å². The minimum atomic E-state index is 0.294. The van der Waals surface area contributed by atoms with Gasteiger partial charge in [0, 0.05) is 6.04 Å². The molecule has 114 valence electrons. The highest BCUT2D eigenvalue weighted by Crippen LogP contribution is 2.22.